The summed E-state index contributed by atoms with van der Waals surface area (Å²) in [6, 6.07) is 1.43. The quantitative estimate of drug-likeness (QED) is 0.452. The van der Waals surface area contributed by atoms with Gasteiger partial charge in [0.05, 0.1) is 6.26 Å². The average molecular weight is 232 g/mol. The molecule has 0 aliphatic heterocycles. The number of allylic oxidation sites excluding steroid dienone is 1. The fourth-order valence-corrected chi connectivity index (χ4v) is 0.677. The van der Waals surface area contributed by atoms with Gasteiger partial charge in [0.1, 0.15) is 6.26 Å². The molecule has 4 nitrogen and oxygen atoms in total. The van der Waals surface area contributed by atoms with Crippen LogP contribution >= 0.6 is 15.9 Å². The highest BCUT2D eigenvalue weighted by atomic mass is 79.9. The Morgan fingerprint density at radius 3 is 3.25 bits per heavy atom. The molecule has 0 unspecified atom stereocenters. The summed E-state index contributed by atoms with van der Waals surface area (Å²) in [7, 11) is 0. The van der Waals surface area contributed by atoms with Crippen molar-refractivity contribution in [1.82, 2.24) is 5.16 Å². The van der Waals surface area contributed by atoms with Crippen molar-refractivity contribution in [2.75, 3.05) is 5.33 Å². The molecule has 1 rings (SSSR count). The first-order valence-corrected chi connectivity index (χ1v) is 4.29. The minimum absolute atomic E-state index is 0.161. The van der Waals surface area contributed by atoms with E-state index in [9.17, 15) is 4.79 Å². The lowest BCUT2D eigenvalue weighted by Crippen LogP contribution is -2.00. The molecule has 0 saturated carbocycles. The normalized spacial score (nSPS) is 10.4. The zero-order valence-electron chi connectivity index (χ0n) is 6.07. The SMILES string of the molecule is O=C(O/C=C/CBr)c1ccon1. The van der Waals surface area contributed by atoms with Crippen LogP contribution in [-0.2, 0) is 4.74 Å². The zero-order chi connectivity index (χ0) is 8.81. The number of nitrogens with zero attached hydrogens (tertiary/aromatic N) is 1. The topological polar surface area (TPSA) is 52.3 Å². The molecule has 1 aromatic heterocycles. The predicted octanol–water partition coefficient (Wildman–Crippen LogP) is 1.74. The molecule has 0 spiro atoms. The van der Waals surface area contributed by atoms with Crippen molar-refractivity contribution in [2.45, 2.75) is 0 Å². The molecule has 5 heteroatoms. The molecule has 64 valence electrons. The predicted molar refractivity (Wildman–Crippen MR) is 44.9 cm³/mol. The highest BCUT2D eigenvalue weighted by Gasteiger charge is 2.07. The van der Waals surface area contributed by atoms with Crippen LogP contribution in [0.5, 0.6) is 0 Å². The summed E-state index contributed by atoms with van der Waals surface area (Å²) in [6.07, 6.45) is 4.26. The van der Waals surface area contributed by atoms with Crippen molar-refractivity contribution in [2.24, 2.45) is 0 Å². The number of alkyl halides is 1. The molecule has 0 aliphatic carbocycles. The first-order valence-electron chi connectivity index (χ1n) is 3.17. The fraction of sp³-hybridized carbons (Fsp3) is 0.143. The van der Waals surface area contributed by atoms with E-state index in [4.69, 9.17) is 0 Å². The van der Waals surface area contributed by atoms with E-state index in [2.05, 4.69) is 30.3 Å². The first-order chi connectivity index (χ1) is 5.84. The number of carbonyl (C=O) groups is 1. The maximum atomic E-state index is 11.0. The number of hydrogen-bond donors (Lipinski definition) is 0. The van der Waals surface area contributed by atoms with Gasteiger partial charge in [0.25, 0.3) is 0 Å². The Bertz CT molecular complexity index is 268. The molecule has 12 heavy (non-hydrogen) atoms. The second-order valence-corrected chi connectivity index (χ2v) is 2.46. The summed E-state index contributed by atoms with van der Waals surface area (Å²) in [6.45, 7) is 0. The molecule has 0 atom stereocenters. The third kappa shape index (κ3) is 2.50. The van der Waals surface area contributed by atoms with Gasteiger partial charge >= 0.3 is 5.97 Å². The molecule has 0 fully saturated rings. The van der Waals surface area contributed by atoms with Crippen LogP contribution in [0.3, 0.4) is 0 Å². The lowest BCUT2D eigenvalue weighted by Gasteiger charge is -1.91. The van der Waals surface area contributed by atoms with Crippen LogP contribution < -0.4 is 0 Å². The molecule has 0 aliphatic rings. The molecular weight excluding hydrogens is 226 g/mol. The van der Waals surface area contributed by atoms with Crippen molar-refractivity contribution >= 4 is 21.9 Å². The van der Waals surface area contributed by atoms with Crippen LogP contribution in [0, 0.1) is 0 Å². The molecule has 0 amide bonds. The van der Waals surface area contributed by atoms with Crippen LogP contribution in [0.25, 0.3) is 0 Å². The lowest BCUT2D eigenvalue weighted by molar-refractivity contribution is 0.0651. The lowest BCUT2D eigenvalue weighted by atomic mass is 10.4. The monoisotopic (exact) mass is 231 g/mol. The molecule has 0 N–H and O–H groups in total. The van der Waals surface area contributed by atoms with Gasteiger partial charge in [-0.25, -0.2) is 4.79 Å². The van der Waals surface area contributed by atoms with E-state index < -0.39 is 5.97 Å². The molecule has 0 saturated heterocycles. The van der Waals surface area contributed by atoms with Gasteiger partial charge < -0.3 is 9.26 Å². The van der Waals surface area contributed by atoms with Gasteiger partial charge in [-0.3, -0.25) is 0 Å². The molecular formula is C7H6BrNO3. The Hall–Kier alpha value is -1.10. The second-order valence-electron chi connectivity index (χ2n) is 1.82. The van der Waals surface area contributed by atoms with E-state index in [0.717, 1.165) is 0 Å². The van der Waals surface area contributed by atoms with Crippen molar-refractivity contribution < 1.29 is 14.1 Å². The summed E-state index contributed by atoms with van der Waals surface area (Å²) < 4.78 is 9.11. The Balaban J connectivity index is 2.45. The Morgan fingerprint density at radius 1 is 1.83 bits per heavy atom. The fourth-order valence-electron chi connectivity index (χ4n) is 0.524. The Labute approximate surface area is 77.3 Å². The van der Waals surface area contributed by atoms with Crippen LogP contribution in [0.2, 0.25) is 0 Å². The number of carbonyl (C=O) groups excluding carboxylic acids is 1. The summed E-state index contributed by atoms with van der Waals surface area (Å²) in [5.74, 6) is -0.527. The smallest absolute Gasteiger partial charge is 0.365 e. The standard InChI is InChI=1S/C7H6BrNO3/c8-3-1-4-11-7(10)6-2-5-12-9-6/h1-2,4-5H,3H2/b4-1+. The van der Waals surface area contributed by atoms with E-state index in [1.54, 1.807) is 6.08 Å². The van der Waals surface area contributed by atoms with Gasteiger partial charge in [0.15, 0.2) is 5.69 Å². The van der Waals surface area contributed by atoms with Crippen LogP contribution in [0.4, 0.5) is 0 Å². The summed E-state index contributed by atoms with van der Waals surface area (Å²) >= 11 is 3.14. The van der Waals surface area contributed by atoms with Gasteiger partial charge in [0, 0.05) is 11.4 Å². The maximum absolute atomic E-state index is 11.0. The van der Waals surface area contributed by atoms with Crippen molar-refractivity contribution in [1.29, 1.82) is 0 Å². The average Bonchev–Trinajstić information content (AvgIpc) is 2.56. The number of aromatic nitrogens is 1. The summed E-state index contributed by atoms with van der Waals surface area (Å²) in [5.41, 5.74) is 0.161. The zero-order valence-corrected chi connectivity index (χ0v) is 7.65. The van der Waals surface area contributed by atoms with Gasteiger partial charge in [-0.15, -0.1) is 0 Å². The third-order valence-electron chi connectivity index (χ3n) is 1.01. The van der Waals surface area contributed by atoms with Crippen LogP contribution in [-0.4, -0.2) is 16.5 Å². The minimum Gasteiger partial charge on any atom is -0.430 e. The Kier molecular flexibility index (Phi) is 3.53. The minimum atomic E-state index is -0.527. The van der Waals surface area contributed by atoms with Crippen molar-refractivity contribution in [3.8, 4) is 0 Å². The number of esters is 1. The van der Waals surface area contributed by atoms with Crippen molar-refractivity contribution in [3.63, 3.8) is 0 Å². The number of ether oxygens (including phenoxy) is 1. The van der Waals surface area contributed by atoms with E-state index in [0.29, 0.717) is 5.33 Å². The molecule has 0 aromatic carbocycles. The third-order valence-corrected chi connectivity index (χ3v) is 1.38. The van der Waals surface area contributed by atoms with Crippen molar-refractivity contribution in [3.05, 3.63) is 30.4 Å². The molecule has 1 heterocycles. The number of hydrogen-bond acceptors (Lipinski definition) is 4. The van der Waals surface area contributed by atoms with Gasteiger partial charge in [-0.2, -0.15) is 0 Å². The van der Waals surface area contributed by atoms with E-state index >= 15 is 0 Å². The molecule has 0 bridgehead atoms. The number of halogens is 1. The first kappa shape index (κ1) is 8.99. The van der Waals surface area contributed by atoms with Gasteiger partial charge in [-0.05, 0) is 6.08 Å². The maximum Gasteiger partial charge on any atom is 0.365 e. The van der Waals surface area contributed by atoms with Crippen LogP contribution in [0.15, 0.2) is 29.2 Å². The van der Waals surface area contributed by atoms with E-state index in [1.807, 2.05) is 0 Å². The second kappa shape index (κ2) is 4.71. The van der Waals surface area contributed by atoms with E-state index in [1.165, 1.54) is 18.6 Å². The van der Waals surface area contributed by atoms with Gasteiger partial charge in [0.2, 0.25) is 0 Å². The highest BCUT2D eigenvalue weighted by molar-refractivity contribution is 9.09. The summed E-state index contributed by atoms with van der Waals surface area (Å²) in [5, 5.41) is 4.04. The summed E-state index contributed by atoms with van der Waals surface area (Å²) in [4.78, 5) is 11.0. The highest BCUT2D eigenvalue weighted by Crippen LogP contribution is 1.97. The largest absolute Gasteiger partial charge is 0.430 e. The molecule has 0 radical (unpaired) electrons. The van der Waals surface area contributed by atoms with E-state index in [-0.39, 0.29) is 5.69 Å². The molecule has 1 aromatic rings. The van der Waals surface area contributed by atoms with Gasteiger partial charge in [-0.1, -0.05) is 21.1 Å². The number of rotatable bonds is 3. The van der Waals surface area contributed by atoms with Crippen LogP contribution in [0.1, 0.15) is 10.5 Å². The Morgan fingerprint density at radius 2 is 2.67 bits per heavy atom.